The maximum atomic E-state index is 13.3. The second-order valence-electron chi connectivity index (χ2n) is 6.72. The van der Waals surface area contributed by atoms with E-state index in [1.807, 2.05) is 0 Å². The molecule has 2 rings (SSSR count). The molecule has 1 atom stereocenters. The summed E-state index contributed by atoms with van der Waals surface area (Å²) in [6, 6.07) is 1.67. The van der Waals surface area contributed by atoms with E-state index < -0.39 is 59.2 Å². The number of hydrogen-bond donors (Lipinski definition) is 2. The molecule has 11 heteroatoms. The zero-order valence-electron chi connectivity index (χ0n) is 16.6. The first kappa shape index (κ1) is 23.2. The third kappa shape index (κ3) is 4.39. The molecule has 1 saturated heterocycles. The predicted molar refractivity (Wildman–Crippen MR) is 97.9 cm³/mol. The number of nitrogens with zero attached hydrogens (tertiary/aromatic N) is 1. The third-order valence-corrected chi connectivity index (χ3v) is 5.07. The molecule has 30 heavy (non-hydrogen) atoms. The summed E-state index contributed by atoms with van der Waals surface area (Å²) in [5, 5.41) is 4.68. The average Bonchev–Trinajstić information content (AvgIpc) is 2.95. The molecule has 1 heterocycles. The molecule has 1 aliphatic rings. The van der Waals surface area contributed by atoms with Crippen molar-refractivity contribution in [2.24, 2.45) is 0 Å². The monoisotopic (exact) mass is 429 g/mol. The van der Waals surface area contributed by atoms with Crippen LogP contribution in [0, 0.1) is 0 Å². The number of halogens is 3. The van der Waals surface area contributed by atoms with Gasteiger partial charge >= 0.3 is 18.2 Å². The van der Waals surface area contributed by atoms with Crippen LogP contribution in [0.25, 0.3) is 0 Å². The molecule has 8 nitrogen and oxygen atoms in total. The lowest BCUT2D eigenvalue weighted by molar-refractivity contribution is -0.147. The second kappa shape index (κ2) is 8.72. The van der Waals surface area contributed by atoms with Gasteiger partial charge in [-0.05, 0) is 24.5 Å². The Morgan fingerprint density at radius 1 is 1.20 bits per heavy atom. The maximum absolute atomic E-state index is 13.3. The Labute approximate surface area is 170 Å². The molecule has 0 aromatic heterocycles. The molecule has 1 fully saturated rings. The lowest BCUT2D eigenvalue weighted by Gasteiger charge is -2.24. The number of nitrogens with one attached hydrogen (secondary N) is 2. The number of amides is 4. The standard InChI is InChI=1S/C19H22F3N3O5/c1-4-18(5-2)16(28)25(17(29)24-18)10-13(26)23-14(15(27)30-3)11-8-6-7-9-12(11)19(20,21)22/h6-9,14H,4-5,10H2,1-3H3,(H,23,26)(H,24,29)/t14-/m0/s1. The van der Waals surface area contributed by atoms with Crippen molar-refractivity contribution in [2.75, 3.05) is 13.7 Å². The number of urea groups is 1. The van der Waals surface area contributed by atoms with Gasteiger partial charge in [-0.15, -0.1) is 0 Å². The van der Waals surface area contributed by atoms with E-state index in [0.29, 0.717) is 17.7 Å². The minimum atomic E-state index is -4.78. The number of esters is 1. The van der Waals surface area contributed by atoms with E-state index in [-0.39, 0.29) is 0 Å². The lowest BCUT2D eigenvalue weighted by Crippen LogP contribution is -2.47. The van der Waals surface area contributed by atoms with E-state index in [2.05, 4.69) is 15.4 Å². The van der Waals surface area contributed by atoms with Crippen molar-refractivity contribution >= 4 is 23.8 Å². The zero-order chi connectivity index (χ0) is 22.7. The number of alkyl halides is 3. The summed E-state index contributed by atoms with van der Waals surface area (Å²) in [5.74, 6) is -2.74. The normalized spacial score (nSPS) is 16.8. The number of methoxy groups -OCH3 is 1. The summed E-state index contributed by atoms with van der Waals surface area (Å²) in [6.07, 6.45) is -4.17. The molecule has 0 spiro atoms. The summed E-state index contributed by atoms with van der Waals surface area (Å²) in [5.41, 5.74) is -2.77. The van der Waals surface area contributed by atoms with Gasteiger partial charge in [0, 0.05) is 0 Å². The number of hydrogen-bond acceptors (Lipinski definition) is 5. The predicted octanol–water partition coefficient (Wildman–Crippen LogP) is 2.15. The molecule has 0 radical (unpaired) electrons. The van der Waals surface area contributed by atoms with Crippen LogP contribution in [0.3, 0.4) is 0 Å². The zero-order valence-corrected chi connectivity index (χ0v) is 16.6. The highest BCUT2D eigenvalue weighted by atomic mass is 19.4. The number of carbonyl (C=O) groups excluding carboxylic acids is 4. The van der Waals surface area contributed by atoms with Gasteiger partial charge in [-0.1, -0.05) is 32.0 Å². The summed E-state index contributed by atoms with van der Waals surface area (Å²) >= 11 is 0. The Hall–Kier alpha value is -3.11. The fourth-order valence-electron chi connectivity index (χ4n) is 3.29. The fourth-order valence-corrected chi connectivity index (χ4v) is 3.29. The molecule has 1 aromatic carbocycles. The van der Waals surface area contributed by atoms with Crippen molar-refractivity contribution in [3.8, 4) is 0 Å². The van der Waals surface area contributed by atoms with E-state index in [1.54, 1.807) is 13.8 Å². The highest BCUT2D eigenvalue weighted by Crippen LogP contribution is 2.35. The van der Waals surface area contributed by atoms with E-state index in [4.69, 9.17) is 0 Å². The minimum Gasteiger partial charge on any atom is -0.467 e. The molecule has 2 N–H and O–H groups in total. The molecule has 0 aliphatic carbocycles. The van der Waals surface area contributed by atoms with Crippen molar-refractivity contribution < 1.29 is 37.1 Å². The Balaban J connectivity index is 2.28. The van der Waals surface area contributed by atoms with Crippen molar-refractivity contribution in [1.82, 2.24) is 15.5 Å². The Kier molecular flexibility index (Phi) is 6.73. The second-order valence-corrected chi connectivity index (χ2v) is 6.72. The number of carbonyl (C=O) groups is 4. The van der Waals surface area contributed by atoms with Crippen molar-refractivity contribution in [1.29, 1.82) is 0 Å². The van der Waals surface area contributed by atoms with Crippen LogP contribution < -0.4 is 10.6 Å². The topological polar surface area (TPSA) is 105 Å². The molecular formula is C19H22F3N3O5. The summed E-state index contributed by atoms with van der Waals surface area (Å²) in [6.45, 7) is 2.65. The van der Waals surface area contributed by atoms with Crippen LogP contribution in [-0.2, 0) is 25.3 Å². The lowest BCUT2D eigenvalue weighted by atomic mass is 9.93. The minimum absolute atomic E-state index is 0.302. The van der Waals surface area contributed by atoms with E-state index in [9.17, 15) is 32.3 Å². The first-order valence-electron chi connectivity index (χ1n) is 9.18. The first-order valence-corrected chi connectivity index (χ1v) is 9.18. The molecule has 1 aliphatic heterocycles. The number of imide groups is 1. The third-order valence-electron chi connectivity index (χ3n) is 5.07. The van der Waals surface area contributed by atoms with Crippen LogP contribution in [0.2, 0.25) is 0 Å². The largest absolute Gasteiger partial charge is 0.467 e. The molecule has 4 amide bonds. The Morgan fingerprint density at radius 2 is 1.80 bits per heavy atom. The van der Waals surface area contributed by atoms with Crippen LogP contribution in [-0.4, -0.2) is 47.9 Å². The molecule has 0 bridgehead atoms. The van der Waals surface area contributed by atoms with Crippen LogP contribution in [0.5, 0.6) is 0 Å². The van der Waals surface area contributed by atoms with Gasteiger partial charge in [0.2, 0.25) is 5.91 Å². The summed E-state index contributed by atoms with van der Waals surface area (Å²) in [7, 11) is 0.964. The van der Waals surface area contributed by atoms with E-state index >= 15 is 0 Å². The molecular weight excluding hydrogens is 407 g/mol. The average molecular weight is 429 g/mol. The quantitative estimate of drug-likeness (QED) is 0.511. The fraction of sp³-hybridized carbons (Fsp3) is 0.474. The highest BCUT2D eigenvalue weighted by Gasteiger charge is 2.49. The smallest absolute Gasteiger partial charge is 0.416 e. The van der Waals surface area contributed by atoms with Gasteiger partial charge < -0.3 is 15.4 Å². The van der Waals surface area contributed by atoms with E-state index in [1.165, 1.54) is 6.07 Å². The molecule has 1 aromatic rings. The maximum Gasteiger partial charge on any atom is 0.416 e. The number of ether oxygens (including phenoxy) is 1. The van der Waals surface area contributed by atoms with E-state index in [0.717, 1.165) is 25.3 Å². The Bertz CT molecular complexity index is 852. The van der Waals surface area contributed by atoms with Gasteiger partial charge in [0.1, 0.15) is 12.1 Å². The van der Waals surface area contributed by atoms with Gasteiger partial charge in [0.25, 0.3) is 5.91 Å². The van der Waals surface area contributed by atoms with Crippen LogP contribution in [0.15, 0.2) is 24.3 Å². The van der Waals surface area contributed by atoms with Gasteiger partial charge in [0.15, 0.2) is 6.04 Å². The SMILES string of the molecule is CCC1(CC)NC(=O)N(CC(=O)N[C@H](C(=O)OC)c2ccccc2C(F)(F)F)C1=O. The molecule has 164 valence electrons. The van der Waals surface area contributed by atoms with Crippen molar-refractivity contribution in [2.45, 2.75) is 44.4 Å². The first-order chi connectivity index (χ1) is 14.0. The van der Waals surface area contributed by atoms with Crippen LogP contribution in [0.4, 0.5) is 18.0 Å². The van der Waals surface area contributed by atoms with Crippen LogP contribution >= 0.6 is 0 Å². The molecule has 0 saturated carbocycles. The Morgan fingerprint density at radius 3 is 2.30 bits per heavy atom. The number of rotatable bonds is 7. The summed E-state index contributed by atoms with van der Waals surface area (Å²) < 4.78 is 44.5. The van der Waals surface area contributed by atoms with Gasteiger partial charge in [-0.25, -0.2) is 9.59 Å². The van der Waals surface area contributed by atoms with Gasteiger partial charge in [-0.2, -0.15) is 13.2 Å². The van der Waals surface area contributed by atoms with Crippen molar-refractivity contribution in [3.63, 3.8) is 0 Å². The van der Waals surface area contributed by atoms with Gasteiger partial charge in [0.05, 0.1) is 12.7 Å². The van der Waals surface area contributed by atoms with Crippen LogP contribution in [0.1, 0.15) is 43.9 Å². The summed E-state index contributed by atoms with van der Waals surface area (Å²) in [4.78, 5) is 50.0. The van der Waals surface area contributed by atoms with Gasteiger partial charge in [-0.3, -0.25) is 14.5 Å². The molecule has 0 unspecified atom stereocenters. The van der Waals surface area contributed by atoms with Crippen molar-refractivity contribution in [3.05, 3.63) is 35.4 Å². The number of benzene rings is 1. The highest BCUT2D eigenvalue weighted by molar-refractivity contribution is 6.09.